The number of carbonyl (C=O) groups is 1. The van der Waals surface area contributed by atoms with Crippen LogP contribution in [0.1, 0.15) is 44.1 Å². The largest absolute Gasteiger partial charge is 0.338 e. The molecule has 0 aliphatic carbocycles. The van der Waals surface area contributed by atoms with E-state index >= 15 is 0 Å². The van der Waals surface area contributed by atoms with Gasteiger partial charge < -0.3 is 10.2 Å². The summed E-state index contributed by atoms with van der Waals surface area (Å²) in [5.74, 6) is 0.679. The quantitative estimate of drug-likeness (QED) is 0.742. The zero-order valence-corrected chi connectivity index (χ0v) is 17.1. The van der Waals surface area contributed by atoms with E-state index in [2.05, 4.69) is 75.9 Å². The van der Waals surface area contributed by atoms with Gasteiger partial charge in [0.15, 0.2) is 5.82 Å². The number of aryl methyl sites for hydroxylation is 1. The summed E-state index contributed by atoms with van der Waals surface area (Å²) in [5, 5.41) is 16.8. The lowest BCUT2D eigenvalue weighted by molar-refractivity contribution is 0.135. The van der Waals surface area contributed by atoms with E-state index in [9.17, 15) is 4.79 Å². The highest BCUT2D eigenvalue weighted by Crippen LogP contribution is 2.22. The second-order valence-corrected chi connectivity index (χ2v) is 8.37. The van der Waals surface area contributed by atoms with Crippen LogP contribution in [0.3, 0.4) is 0 Å². The fraction of sp³-hybridized carbons (Fsp3) is 0.600. The van der Waals surface area contributed by atoms with Crippen LogP contribution in [0.25, 0.3) is 0 Å². The summed E-state index contributed by atoms with van der Waals surface area (Å²) in [5.41, 5.74) is 2.87. The van der Waals surface area contributed by atoms with Crippen LogP contribution >= 0.6 is 0 Å². The van der Waals surface area contributed by atoms with Crippen LogP contribution < -0.4 is 5.32 Å². The molecule has 2 N–H and O–H groups in total. The molecule has 28 heavy (non-hydrogen) atoms. The van der Waals surface area contributed by atoms with Gasteiger partial charge in [0.25, 0.3) is 0 Å². The van der Waals surface area contributed by atoms with Crippen molar-refractivity contribution >= 4 is 6.03 Å². The van der Waals surface area contributed by atoms with E-state index in [0.29, 0.717) is 18.8 Å². The highest BCUT2D eigenvalue weighted by Gasteiger charge is 2.21. The zero-order valence-electron chi connectivity index (χ0n) is 17.1. The van der Waals surface area contributed by atoms with Gasteiger partial charge in [-0.3, -0.25) is 4.90 Å². The van der Waals surface area contributed by atoms with Crippen molar-refractivity contribution in [3.63, 3.8) is 0 Å². The molecule has 2 aromatic rings. The number of tetrazole rings is 1. The molecule has 1 aromatic heterocycles. The lowest BCUT2D eigenvalue weighted by Gasteiger charge is -2.34. The topological polar surface area (TPSA) is 90.0 Å². The highest BCUT2D eigenvalue weighted by atomic mass is 16.2. The lowest BCUT2D eigenvalue weighted by atomic mass is 9.87. The summed E-state index contributed by atoms with van der Waals surface area (Å²) in [6, 6.07) is 8.93. The maximum atomic E-state index is 12.3. The molecule has 2 amide bonds. The SMILES string of the molecule is CC(C)(C)c1ccc(CN2CCN(C(=O)NCCCc3nn[nH]n3)CC2)cc1. The predicted molar refractivity (Wildman–Crippen MR) is 108 cm³/mol. The van der Waals surface area contributed by atoms with Gasteiger partial charge in [0.2, 0.25) is 0 Å². The molecule has 1 saturated heterocycles. The lowest BCUT2D eigenvalue weighted by Crippen LogP contribution is -2.51. The summed E-state index contributed by atoms with van der Waals surface area (Å²) in [4.78, 5) is 16.6. The number of rotatable bonds is 6. The molecule has 1 aromatic carbocycles. The molecule has 152 valence electrons. The van der Waals surface area contributed by atoms with Crippen LogP contribution in [-0.4, -0.2) is 69.2 Å². The number of nitrogens with one attached hydrogen (secondary N) is 2. The number of carbonyl (C=O) groups excluding carboxylic acids is 1. The summed E-state index contributed by atoms with van der Waals surface area (Å²) >= 11 is 0. The molecule has 3 rings (SSSR count). The van der Waals surface area contributed by atoms with E-state index in [1.54, 1.807) is 0 Å². The highest BCUT2D eigenvalue weighted by molar-refractivity contribution is 5.74. The smallest absolute Gasteiger partial charge is 0.317 e. The van der Waals surface area contributed by atoms with Gasteiger partial charge in [-0.25, -0.2) is 4.79 Å². The Labute approximate surface area is 166 Å². The van der Waals surface area contributed by atoms with Gasteiger partial charge in [0.1, 0.15) is 0 Å². The third-order valence-corrected chi connectivity index (χ3v) is 5.13. The van der Waals surface area contributed by atoms with Crippen LogP contribution in [0.2, 0.25) is 0 Å². The Hall–Kier alpha value is -2.48. The number of piperazine rings is 1. The first kappa shape index (κ1) is 20.3. The number of H-pyrrole nitrogens is 1. The molecular weight excluding hydrogens is 354 g/mol. The first-order valence-corrected chi connectivity index (χ1v) is 9.99. The minimum Gasteiger partial charge on any atom is -0.338 e. The number of aromatic nitrogens is 4. The van der Waals surface area contributed by atoms with E-state index < -0.39 is 0 Å². The fourth-order valence-electron chi connectivity index (χ4n) is 3.32. The van der Waals surface area contributed by atoms with Gasteiger partial charge in [-0.2, -0.15) is 5.21 Å². The van der Waals surface area contributed by atoms with E-state index in [1.165, 1.54) is 11.1 Å². The monoisotopic (exact) mass is 385 g/mol. The average molecular weight is 386 g/mol. The number of amides is 2. The van der Waals surface area contributed by atoms with Crippen molar-refractivity contribution in [1.29, 1.82) is 0 Å². The Balaban J connectivity index is 1.36. The van der Waals surface area contributed by atoms with Gasteiger partial charge in [0.05, 0.1) is 0 Å². The Morgan fingerprint density at radius 2 is 1.86 bits per heavy atom. The first-order valence-electron chi connectivity index (χ1n) is 9.99. The van der Waals surface area contributed by atoms with Crippen molar-refractivity contribution in [2.45, 2.75) is 45.6 Å². The first-order chi connectivity index (χ1) is 13.4. The Bertz CT molecular complexity index is 729. The molecule has 0 spiro atoms. The summed E-state index contributed by atoms with van der Waals surface area (Å²) < 4.78 is 0. The molecule has 1 aliphatic rings. The van der Waals surface area contributed by atoms with Crippen molar-refractivity contribution in [2.24, 2.45) is 0 Å². The Morgan fingerprint density at radius 3 is 2.46 bits per heavy atom. The molecule has 2 heterocycles. The number of nitrogens with zero attached hydrogens (tertiary/aromatic N) is 5. The van der Waals surface area contributed by atoms with E-state index in [0.717, 1.165) is 39.1 Å². The minimum atomic E-state index is 0.0160. The zero-order chi connectivity index (χ0) is 20.0. The molecule has 1 fully saturated rings. The fourth-order valence-corrected chi connectivity index (χ4v) is 3.32. The van der Waals surface area contributed by atoms with Crippen LogP contribution in [0.15, 0.2) is 24.3 Å². The van der Waals surface area contributed by atoms with Crippen molar-refractivity contribution in [3.05, 3.63) is 41.2 Å². The van der Waals surface area contributed by atoms with Crippen LogP contribution in [0.5, 0.6) is 0 Å². The number of urea groups is 1. The van der Waals surface area contributed by atoms with Gasteiger partial charge in [-0.05, 0) is 23.0 Å². The van der Waals surface area contributed by atoms with Crippen molar-refractivity contribution in [2.75, 3.05) is 32.7 Å². The molecule has 0 unspecified atom stereocenters. The number of hydrogen-bond donors (Lipinski definition) is 2. The summed E-state index contributed by atoms with van der Waals surface area (Å²) in [6.07, 6.45) is 1.51. The van der Waals surface area contributed by atoms with E-state index in [1.807, 2.05) is 4.90 Å². The predicted octanol–water partition coefficient (Wildman–Crippen LogP) is 1.96. The minimum absolute atomic E-state index is 0.0160. The molecule has 8 heteroatoms. The van der Waals surface area contributed by atoms with Gasteiger partial charge >= 0.3 is 6.03 Å². The molecule has 1 aliphatic heterocycles. The average Bonchev–Trinajstić information content (AvgIpc) is 3.19. The third-order valence-electron chi connectivity index (χ3n) is 5.13. The van der Waals surface area contributed by atoms with Gasteiger partial charge in [-0.15, -0.1) is 10.2 Å². The van der Waals surface area contributed by atoms with Crippen molar-refractivity contribution in [1.82, 2.24) is 35.7 Å². The van der Waals surface area contributed by atoms with Crippen molar-refractivity contribution < 1.29 is 4.79 Å². The molecule has 0 saturated carbocycles. The maximum absolute atomic E-state index is 12.3. The number of aromatic amines is 1. The molecule has 8 nitrogen and oxygen atoms in total. The van der Waals surface area contributed by atoms with Crippen LogP contribution in [0, 0.1) is 0 Å². The van der Waals surface area contributed by atoms with Crippen molar-refractivity contribution in [3.8, 4) is 0 Å². The second-order valence-electron chi connectivity index (χ2n) is 8.37. The summed E-state index contributed by atoms with van der Waals surface area (Å²) in [7, 11) is 0. The molecule has 0 atom stereocenters. The second kappa shape index (κ2) is 9.14. The van der Waals surface area contributed by atoms with E-state index in [-0.39, 0.29) is 11.4 Å². The third kappa shape index (κ3) is 5.76. The normalized spacial score (nSPS) is 15.6. The molecule has 0 radical (unpaired) electrons. The molecular formula is C20H31N7O. The number of benzene rings is 1. The number of hydrogen-bond acceptors (Lipinski definition) is 5. The van der Waals surface area contributed by atoms with Gasteiger partial charge in [-0.1, -0.05) is 50.3 Å². The standard InChI is InChI=1S/C20H31N7O/c1-20(2,3)17-8-6-16(7-9-17)15-26-11-13-27(14-12-26)19(28)21-10-4-5-18-22-24-25-23-18/h6-9H,4-5,10-15H2,1-3H3,(H,21,28)(H,22,23,24,25). The van der Waals surface area contributed by atoms with E-state index in [4.69, 9.17) is 0 Å². The summed E-state index contributed by atoms with van der Waals surface area (Å²) in [6.45, 7) is 11.6. The van der Waals surface area contributed by atoms with Crippen LogP contribution in [-0.2, 0) is 18.4 Å². The Kier molecular flexibility index (Phi) is 6.61. The van der Waals surface area contributed by atoms with Crippen LogP contribution in [0.4, 0.5) is 4.79 Å². The maximum Gasteiger partial charge on any atom is 0.317 e. The molecule has 0 bridgehead atoms. The Morgan fingerprint density at radius 1 is 1.14 bits per heavy atom. The van der Waals surface area contributed by atoms with Gasteiger partial charge in [0, 0.05) is 45.7 Å².